The van der Waals surface area contributed by atoms with Crippen LogP contribution in [0.1, 0.15) is 206 Å². The number of unbranched alkanes of at least 4 members (excludes halogenated alkanes) is 25. The summed E-state index contributed by atoms with van der Waals surface area (Å²) in [4.78, 5) is 22.7. The second-order valence-electron chi connectivity index (χ2n) is 14.9. The van der Waals surface area contributed by atoms with Crippen LogP contribution in [-0.4, -0.2) is 47.8 Å². The van der Waals surface area contributed by atoms with E-state index in [0.717, 1.165) is 51.4 Å². The number of phosphoric ester groups is 1. The molecule has 0 fully saturated rings. The van der Waals surface area contributed by atoms with Crippen LogP contribution in [0.3, 0.4) is 0 Å². The molecular formula is C44H85N2O6P. The van der Waals surface area contributed by atoms with Crippen molar-refractivity contribution >= 4 is 13.7 Å². The molecule has 0 rings (SSSR count). The van der Waals surface area contributed by atoms with Crippen molar-refractivity contribution in [3.63, 3.8) is 0 Å². The first-order chi connectivity index (χ1) is 25.9. The zero-order chi connectivity index (χ0) is 38.9. The van der Waals surface area contributed by atoms with Crippen molar-refractivity contribution in [3.05, 3.63) is 36.5 Å². The number of carbonyl (C=O) groups excluding carboxylic acids is 1. The van der Waals surface area contributed by atoms with E-state index in [4.69, 9.17) is 14.8 Å². The number of amides is 1. The Hall–Kier alpha value is -1.28. The predicted octanol–water partition coefficient (Wildman–Crippen LogP) is 12.3. The average Bonchev–Trinajstić information content (AvgIpc) is 3.14. The number of nitrogens with one attached hydrogen (secondary N) is 1. The molecule has 1 amide bonds. The first-order valence-corrected chi connectivity index (χ1v) is 23.6. The number of carbonyl (C=O) groups is 1. The molecule has 0 aromatic carbocycles. The van der Waals surface area contributed by atoms with Crippen LogP contribution in [-0.2, 0) is 18.4 Å². The Labute approximate surface area is 327 Å². The van der Waals surface area contributed by atoms with Crippen LogP contribution in [0.25, 0.3) is 0 Å². The molecule has 0 aliphatic carbocycles. The van der Waals surface area contributed by atoms with Crippen molar-refractivity contribution in [1.29, 1.82) is 0 Å². The Morgan fingerprint density at radius 1 is 0.604 bits per heavy atom. The minimum Gasteiger partial charge on any atom is -0.387 e. The van der Waals surface area contributed by atoms with Crippen molar-refractivity contribution < 1.29 is 28.4 Å². The first kappa shape index (κ1) is 51.7. The van der Waals surface area contributed by atoms with Crippen molar-refractivity contribution in [2.45, 2.75) is 219 Å². The van der Waals surface area contributed by atoms with Gasteiger partial charge >= 0.3 is 7.82 Å². The fourth-order valence-electron chi connectivity index (χ4n) is 6.35. The van der Waals surface area contributed by atoms with Crippen LogP contribution in [0.2, 0.25) is 0 Å². The number of allylic oxidation sites excluding steroid dienone is 5. The summed E-state index contributed by atoms with van der Waals surface area (Å²) in [6.45, 7) is 4.04. The summed E-state index contributed by atoms with van der Waals surface area (Å²) >= 11 is 0. The predicted molar refractivity (Wildman–Crippen MR) is 226 cm³/mol. The molecular weight excluding hydrogens is 683 g/mol. The summed E-state index contributed by atoms with van der Waals surface area (Å²) < 4.78 is 22.1. The molecule has 3 unspecified atom stereocenters. The van der Waals surface area contributed by atoms with Crippen LogP contribution in [0, 0.1) is 0 Å². The van der Waals surface area contributed by atoms with Crippen molar-refractivity contribution in [1.82, 2.24) is 5.32 Å². The van der Waals surface area contributed by atoms with E-state index in [1.165, 1.54) is 135 Å². The fraction of sp³-hybridized carbons (Fsp3) is 0.841. The fourth-order valence-corrected chi connectivity index (χ4v) is 7.11. The van der Waals surface area contributed by atoms with E-state index < -0.39 is 20.0 Å². The van der Waals surface area contributed by atoms with Crippen LogP contribution in [0.5, 0.6) is 0 Å². The highest BCUT2D eigenvalue weighted by molar-refractivity contribution is 7.47. The van der Waals surface area contributed by atoms with E-state index in [1.807, 2.05) is 6.08 Å². The van der Waals surface area contributed by atoms with Crippen LogP contribution < -0.4 is 11.1 Å². The number of aliphatic hydroxyl groups excluding tert-OH is 1. The monoisotopic (exact) mass is 769 g/mol. The molecule has 0 radical (unpaired) electrons. The molecule has 312 valence electrons. The van der Waals surface area contributed by atoms with E-state index in [-0.39, 0.29) is 25.7 Å². The van der Waals surface area contributed by atoms with E-state index in [2.05, 4.69) is 43.5 Å². The highest BCUT2D eigenvalue weighted by Gasteiger charge is 2.26. The molecule has 3 atom stereocenters. The van der Waals surface area contributed by atoms with Crippen LogP contribution in [0.15, 0.2) is 36.5 Å². The van der Waals surface area contributed by atoms with Crippen molar-refractivity contribution in [2.75, 3.05) is 19.8 Å². The van der Waals surface area contributed by atoms with Gasteiger partial charge in [0.05, 0.1) is 25.4 Å². The maximum atomic E-state index is 12.7. The smallest absolute Gasteiger partial charge is 0.387 e. The topological polar surface area (TPSA) is 131 Å². The molecule has 0 heterocycles. The van der Waals surface area contributed by atoms with E-state index in [0.29, 0.717) is 6.42 Å². The third-order valence-corrected chi connectivity index (χ3v) is 10.7. The van der Waals surface area contributed by atoms with Crippen molar-refractivity contribution in [2.24, 2.45) is 5.73 Å². The maximum absolute atomic E-state index is 12.7. The summed E-state index contributed by atoms with van der Waals surface area (Å²) in [5.74, 6) is -0.207. The van der Waals surface area contributed by atoms with Gasteiger partial charge in [-0.25, -0.2) is 4.57 Å². The van der Waals surface area contributed by atoms with Gasteiger partial charge in [-0.05, 0) is 38.5 Å². The Morgan fingerprint density at radius 2 is 1.00 bits per heavy atom. The quantitative estimate of drug-likeness (QED) is 0.0277. The second-order valence-corrected chi connectivity index (χ2v) is 16.3. The second kappa shape index (κ2) is 40.4. The molecule has 9 heteroatoms. The summed E-state index contributed by atoms with van der Waals surface area (Å²) in [5.41, 5.74) is 5.36. The number of hydrogen-bond donors (Lipinski definition) is 4. The molecule has 0 aromatic heterocycles. The highest BCUT2D eigenvalue weighted by atomic mass is 31.2. The number of phosphoric acid groups is 1. The normalized spacial score (nSPS) is 14.4. The lowest BCUT2D eigenvalue weighted by atomic mass is 10.0. The molecule has 8 nitrogen and oxygen atoms in total. The van der Waals surface area contributed by atoms with Gasteiger partial charge in [0, 0.05) is 13.0 Å². The number of rotatable bonds is 41. The van der Waals surface area contributed by atoms with E-state index in [1.54, 1.807) is 6.08 Å². The van der Waals surface area contributed by atoms with Crippen molar-refractivity contribution in [3.8, 4) is 0 Å². The lowest BCUT2D eigenvalue weighted by Gasteiger charge is -2.23. The standard InChI is InChI=1S/C44H85N2O6P/c1-3-5-7-9-11-13-15-16-17-18-19-20-21-22-23-24-25-26-28-30-32-34-36-38-44(48)46-42(41-52-53(49,50)51-40-39-45)43(47)37-35-33-31-29-27-14-12-10-8-6-4-2/h8,10,27,29,35,37,42-43,47H,3-7,9,11-26,28,30-34,36,38-41,45H2,1-2H3,(H,46,48)(H,49,50)/b10-8+,29-27+,37-35+. The summed E-state index contributed by atoms with van der Waals surface area (Å²) in [5, 5.41) is 13.6. The summed E-state index contributed by atoms with van der Waals surface area (Å²) in [7, 11) is -4.34. The number of hydrogen-bond acceptors (Lipinski definition) is 6. The molecule has 53 heavy (non-hydrogen) atoms. The minimum atomic E-state index is -4.34. The molecule has 0 spiro atoms. The van der Waals surface area contributed by atoms with E-state index >= 15 is 0 Å². The number of aliphatic hydroxyl groups is 1. The highest BCUT2D eigenvalue weighted by Crippen LogP contribution is 2.43. The van der Waals surface area contributed by atoms with Crippen LogP contribution >= 0.6 is 7.82 Å². The molecule has 5 N–H and O–H groups in total. The molecule has 0 aliphatic rings. The summed E-state index contributed by atoms with van der Waals surface area (Å²) in [6, 6.07) is -0.879. The first-order valence-electron chi connectivity index (χ1n) is 22.1. The van der Waals surface area contributed by atoms with Gasteiger partial charge in [0.25, 0.3) is 0 Å². The molecule has 0 aliphatic heterocycles. The molecule has 0 aromatic rings. The zero-order valence-electron chi connectivity index (χ0n) is 34.5. The minimum absolute atomic E-state index is 0.0724. The van der Waals surface area contributed by atoms with E-state index in [9.17, 15) is 19.4 Å². The van der Waals surface area contributed by atoms with Gasteiger partial charge in [-0.2, -0.15) is 0 Å². The Balaban J connectivity index is 4.06. The third-order valence-electron chi connectivity index (χ3n) is 9.68. The SMILES string of the molecule is CCC/C=C/CC/C=C/CC/C=C/C(O)C(COP(=O)(O)OCCN)NC(=O)CCCCCCCCCCCCCCCCCCCCCCCCC. The number of nitrogens with two attached hydrogens (primary N) is 1. The van der Waals surface area contributed by atoms with Gasteiger partial charge in [-0.1, -0.05) is 198 Å². The Bertz CT molecular complexity index is 928. The average molecular weight is 769 g/mol. The lowest BCUT2D eigenvalue weighted by Crippen LogP contribution is -2.45. The zero-order valence-corrected chi connectivity index (χ0v) is 35.4. The van der Waals surface area contributed by atoms with Gasteiger partial charge < -0.3 is 21.1 Å². The molecule has 0 saturated carbocycles. The Kier molecular flexibility index (Phi) is 39.4. The van der Waals surface area contributed by atoms with Crippen LogP contribution in [0.4, 0.5) is 0 Å². The van der Waals surface area contributed by atoms with Gasteiger partial charge in [0.15, 0.2) is 0 Å². The van der Waals surface area contributed by atoms with Gasteiger partial charge in [0.1, 0.15) is 0 Å². The van der Waals surface area contributed by atoms with Gasteiger partial charge in [-0.15, -0.1) is 0 Å². The van der Waals surface area contributed by atoms with Gasteiger partial charge in [0.2, 0.25) is 5.91 Å². The summed E-state index contributed by atoms with van der Waals surface area (Å²) in [6.07, 6.45) is 47.9. The Morgan fingerprint density at radius 3 is 1.42 bits per heavy atom. The maximum Gasteiger partial charge on any atom is 0.472 e. The molecule has 0 bridgehead atoms. The molecule has 0 saturated heterocycles. The largest absolute Gasteiger partial charge is 0.472 e. The lowest BCUT2D eigenvalue weighted by molar-refractivity contribution is -0.123. The van der Waals surface area contributed by atoms with Gasteiger partial charge in [-0.3, -0.25) is 13.8 Å². The third kappa shape index (κ3) is 38.8.